The van der Waals surface area contributed by atoms with Gasteiger partial charge in [-0.15, -0.1) is 0 Å². The molecule has 173 valence electrons. The number of hydrogen-bond donors (Lipinski definition) is 1. The molecule has 1 nitrogen and oxygen atoms in total. The van der Waals surface area contributed by atoms with E-state index in [-0.39, 0.29) is 24.8 Å². The Morgan fingerprint density at radius 2 is 1.09 bits per heavy atom. The van der Waals surface area contributed by atoms with Gasteiger partial charge in [-0.2, -0.15) is 0 Å². The zero-order valence-corrected chi connectivity index (χ0v) is 23.8. The summed E-state index contributed by atoms with van der Waals surface area (Å²) in [4.78, 5) is 0. The summed E-state index contributed by atoms with van der Waals surface area (Å²) in [5.74, 6) is 0. The number of halogens is 2. The Morgan fingerprint density at radius 3 is 1.53 bits per heavy atom. The van der Waals surface area contributed by atoms with Crippen LogP contribution in [0.5, 0.6) is 0 Å². The molecule has 4 aromatic carbocycles. The minimum Gasteiger partial charge on any atom is -1.00 e. The first kappa shape index (κ1) is 26.9. The van der Waals surface area contributed by atoms with Crippen LogP contribution in [0.2, 0.25) is 0 Å². The second-order valence-electron chi connectivity index (χ2n) is 8.77. The predicted octanol–water partition coefficient (Wildman–Crippen LogP) is -0.776. The maximum atomic E-state index is 4.32. The van der Waals surface area contributed by atoms with Crippen molar-refractivity contribution in [3.8, 4) is 11.1 Å². The van der Waals surface area contributed by atoms with E-state index in [9.17, 15) is 0 Å². The van der Waals surface area contributed by atoms with Gasteiger partial charge in [0.2, 0.25) is 0 Å². The average Bonchev–Trinajstić information content (AvgIpc) is 3.19. The molecule has 1 aliphatic carbocycles. The molecule has 0 bridgehead atoms. The molecule has 0 heterocycles. The quantitative estimate of drug-likeness (QED) is 0.305. The van der Waals surface area contributed by atoms with Gasteiger partial charge in [-0.1, -0.05) is 0 Å². The third kappa shape index (κ3) is 5.28. The zero-order chi connectivity index (χ0) is 21.9. The van der Waals surface area contributed by atoms with E-state index in [1.165, 1.54) is 11.1 Å². The minimum atomic E-state index is -1.89. The van der Waals surface area contributed by atoms with Crippen molar-refractivity contribution in [3.05, 3.63) is 120 Å². The first-order chi connectivity index (χ1) is 15.8. The van der Waals surface area contributed by atoms with Crippen LogP contribution in [0.1, 0.15) is 35.6 Å². The predicted molar refractivity (Wildman–Crippen MR) is 136 cm³/mol. The van der Waals surface area contributed by atoms with Crippen LogP contribution in [0.4, 0.5) is 0 Å². The number of fused-ring (bicyclic) bond motifs is 3. The SMILES string of the molecule is CCC(C)[NH][Ti+2]([CH]1c2ccccc2-c2ccccc21)[SiH](c1ccccc1)c1ccccc1.[Cl-].[Cl-]. The molecule has 0 radical (unpaired) electrons. The molecule has 0 saturated heterocycles. The fourth-order valence-electron chi connectivity index (χ4n) is 5.05. The van der Waals surface area contributed by atoms with Crippen LogP contribution in [0.15, 0.2) is 109 Å². The summed E-state index contributed by atoms with van der Waals surface area (Å²) in [6.45, 7) is 3.24. The number of benzene rings is 4. The van der Waals surface area contributed by atoms with Gasteiger partial charge < -0.3 is 24.8 Å². The molecule has 0 aromatic heterocycles. The Bertz CT molecular complexity index is 1100. The van der Waals surface area contributed by atoms with E-state index < -0.39 is 24.0 Å². The smallest absolute Gasteiger partial charge is 1.00 e. The second kappa shape index (κ2) is 12.4. The summed E-state index contributed by atoms with van der Waals surface area (Å²) in [5.41, 5.74) is 5.98. The van der Waals surface area contributed by atoms with Gasteiger partial charge in [-0.3, -0.25) is 0 Å². The summed E-state index contributed by atoms with van der Waals surface area (Å²) in [7, 11) is 0. The molecule has 0 aliphatic heterocycles. The third-order valence-corrected chi connectivity index (χ3v) is 20.8. The van der Waals surface area contributed by atoms with Crippen LogP contribution in [0.3, 0.4) is 0 Å². The molecule has 1 aliphatic rings. The van der Waals surface area contributed by atoms with E-state index in [1.54, 1.807) is 21.5 Å². The van der Waals surface area contributed by atoms with Crippen LogP contribution in [-0.4, -0.2) is 12.7 Å². The summed E-state index contributed by atoms with van der Waals surface area (Å²) < 4.78 is 4.84. The molecule has 1 atom stereocenters. The van der Waals surface area contributed by atoms with Crippen LogP contribution in [0.25, 0.3) is 11.1 Å². The Kier molecular flexibility index (Phi) is 9.79. The standard InChI is InChI=1S/C13H9.C12H11Si.C4H10N.2ClH.Ti/c1-3-7-12-10(5-1)9-11-6-2-4-8-13(11)12;1-3-7-11(8-4-1)13-12-9-5-2-6-10-12;1-3-4(2)5;;;/h1-9H;1-10,13H;4-5H,3H2,1-2H3;2*1H;/q;;-1;;;+3/p-2. The van der Waals surface area contributed by atoms with E-state index in [0.29, 0.717) is 10.3 Å². The van der Waals surface area contributed by atoms with Crippen molar-refractivity contribution in [2.45, 2.75) is 30.5 Å². The van der Waals surface area contributed by atoms with Crippen molar-refractivity contribution in [2.24, 2.45) is 0 Å². The molecular weight excluding hydrogens is 509 g/mol. The van der Waals surface area contributed by atoms with E-state index in [1.807, 2.05) is 0 Å². The molecule has 34 heavy (non-hydrogen) atoms. The Balaban J connectivity index is 0.00000162. The molecule has 1 N–H and O–H groups in total. The van der Waals surface area contributed by atoms with Crippen molar-refractivity contribution in [1.82, 2.24) is 3.80 Å². The van der Waals surface area contributed by atoms with E-state index >= 15 is 0 Å². The molecule has 0 spiro atoms. The van der Waals surface area contributed by atoms with Gasteiger partial charge in [0.1, 0.15) is 0 Å². The van der Waals surface area contributed by atoms with Crippen molar-refractivity contribution in [2.75, 3.05) is 0 Å². The van der Waals surface area contributed by atoms with Gasteiger partial charge in [-0.25, -0.2) is 0 Å². The maximum Gasteiger partial charge on any atom is -1.00 e. The molecule has 0 amide bonds. The first-order valence-corrected chi connectivity index (χ1v) is 17.8. The first-order valence-electron chi connectivity index (χ1n) is 11.7. The number of rotatable bonds is 7. The Morgan fingerprint density at radius 1 is 0.676 bits per heavy atom. The summed E-state index contributed by atoms with van der Waals surface area (Å²) >= 11 is -1.89. The fourth-order valence-corrected chi connectivity index (χ4v) is 21.3. The summed E-state index contributed by atoms with van der Waals surface area (Å²) in [6.07, 6.45) is 1.16. The molecule has 5 rings (SSSR count). The zero-order valence-electron chi connectivity index (χ0n) is 19.6. The van der Waals surface area contributed by atoms with Crippen LogP contribution in [-0.2, 0) is 17.4 Å². The van der Waals surface area contributed by atoms with E-state index in [4.69, 9.17) is 0 Å². The van der Waals surface area contributed by atoms with Crippen molar-refractivity contribution in [3.63, 3.8) is 0 Å². The third-order valence-electron chi connectivity index (χ3n) is 6.75. The van der Waals surface area contributed by atoms with Crippen LogP contribution >= 0.6 is 0 Å². The number of hydrogen-bond acceptors (Lipinski definition) is 1. The fraction of sp³-hybridized carbons (Fsp3) is 0.172. The van der Waals surface area contributed by atoms with Gasteiger partial charge in [0.05, 0.1) is 0 Å². The Hall–Kier alpha value is -1.65. The molecular formula is C29H30Cl2NSiTi. The van der Waals surface area contributed by atoms with E-state index in [0.717, 1.165) is 6.42 Å². The summed E-state index contributed by atoms with van der Waals surface area (Å²) in [5, 5.41) is 3.15. The van der Waals surface area contributed by atoms with Crippen molar-refractivity contribution >= 4 is 17.0 Å². The molecule has 0 saturated carbocycles. The monoisotopic (exact) mass is 538 g/mol. The van der Waals surface area contributed by atoms with Gasteiger partial charge >= 0.3 is 200 Å². The van der Waals surface area contributed by atoms with E-state index in [2.05, 4.69) is 127 Å². The maximum absolute atomic E-state index is 4.32. The second-order valence-corrected chi connectivity index (χ2v) is 19.0. The Labute approximate surface area is 223 Å². The number of nitrogens with one attached hydrogen (secondary N) is 1. The van der Waals surface area contributed by atoms with Crippen molar-refractivity contribution in [1.29, 1.82) is 0 Å². The molecule has 4 aromatic rings. The topological polar surface area (TPSA) is 12.0 Å². The normalized spacial score (nSPS) is 12.8. The van der Waals surface area contributed by atoms with Gasteiger partial charge in [0.25, 0.3) is 0 Å². The van der Waals surface area contributed by atoms with Gasteiger partial charge in [0.15, 0.2) is 0 Å². The summed E-state index contributed by atoms with van der Waals surface area (Å²) in [6, 6.07) is 41.6. The molecule has 0 fully saturated rings. The van der Waals surface area contributed by atoms with Crippen molar-refractivity contribution < 1.29 is 42.2 Å². The van der Waals surface area contributed by atoms with Gasteiger partial charge in [0, 0.05) is 0 Å². The molecule has 1 unspecified atom stereocenters. The largest absolute Gasteiger partial charge is 1.00 e. The average molecular weight is 539 g/mol. The minimum absolute atomic E-state index is 0. The van der Waals surface area contributed by atoms with Crippen LogP contribution < -0.4 is 39.0 Å². The molecule has 5 heteroatoms. The van der Waals surface area contributed by atoms with Gasteiger partial charge in [-0.05, 0) is 0 Å². The van der Waals surface area contributed by atoms with Crippen LogP contribution in [0, 0.1) is 0 Å².